The zero-order chi connectivity index (χ0) is 10.9. The molecular formula is C8H2N2O4. The van der Waals surface area contributed by atoms with Crippen LogP contribution in [0.4, 0.5) is 0 Å². The van der Waals surface area contributed by atoms with Crippen molar-refractivity contribution in [1.29, 1.82) is 10.5 Å². The van der Waals surface area contributed by atoms with E-state index in [-0.39, 0.29) is 0 Å². The molecule has 0 fully saturated rings. The van der Waals surface area contributed by atoms with Gasteiger partial charge in [-0.3, -0.25) is 9.59 Å². The predicted octanol–water partition coefficient (Wildman–Crippen LogP) is -0.190. The number of carbonyl (C=O) groups is 2. The average molecular weight is 190 g/mol. The maximum atomic E-state index is 11.0. The molecule has 0 unspecified atom stereocenters. The van der Waals surface area contributed by atoms with Gasteiger partial charge in [-0.15, -0.1) is 0 Å². The Hall–Kier alpha value is -2.60. The van der Waals surface area contributed by atoms with Crippen molar-refractivity contribution >= 4 is 11.6 Å². The normalized spacial score (nSPS) is 16.7. The van der Waals surface area contributed by atoms with Crippen LogP contribution >= 0.6 is 0 Å². The molecule has 6 nitrogen and oxygen atoms in total. The molecule has 0 radical (unpaired) electrons. The van der Waals surface area contributed by atoms with Gasteiger partial charge in [0.25, 0.3) is 0 Å². The number of hydrogen-bond donors (Lipinski definition) is 2. The molecular weight excluding hydrogens is 188 g/mol. The molecule has 0 saturated heterocycles. The third kappa shape index (κ3) is 1.03. The van der Waals surface area contributed by atoms with Crippen LogP contribution in [0.15, 0.2) is 22.7 Å². The summed E-state index contributed by atoms with van der Waals surface area (Å²) in [5.74, 6) is -4.65. The number of ketones is 2. The number of rotatable bonds is 0. The van der Waals surface area contributed by atoms with Crippen LogP contribution in [0.3, 0.4) is 0 Å². The zero-order valence-electron chi connectivity index (χ0n) is 6.61. The highest BCUT2D eigenvalue weighted by Crippen LogP contribution is 2.20. The van der Waals surface area contributed by atoms with E-state index in [4.69, 9.17) is 20.7 Å². The minimum atomic E-state index is -1.22. The standard InChI is InChI=1S/C8H2N2O4/c9-1-3-5(11)7(13)4(2-10)8(14)6(3)12/h11,14H. The molecule has 1 rings (SSSR count). The van der Waals surface area contributed by atoms with E-state index in [1.807, 2.05) is 0 Å². The lowest BCUT2D eigenvalue weighted by Gasteiger charge is -2.08. The van der Waals surface area contributed by atoms with Gasteiger partial charge in [0.2, 0.25) is 11.6 Å². The summed E-state index contributed by atoms with van der Waals surface area (Å²) in [6.45, 7) is 0. The van der Waals surface area contributed by atoms with Crippen molar-refractivity contribution < 1.29 is 19.8 Å². The first kappa shape index (κ1) is 9.49. The van der Waals surface area contributed by atoms with Crippen molar-refractivity contribution in [3.8, 4) is 12.1 Å². The Kier molecular flexibility index (Phi) is 2.06. The smallest absolute Gasteiger partial charge is 0.243 e. The maximum Gasteiger partial charge on any atom is 0.243 e. The maximum absolute atomic E-state index is 11.0. The highest BCUT2D eigenvalue weighted by molar-refractivity contribution is 6.26. The quantitative estimate of drug-likeness (QED) is 0.510. The van der Waals surface area contributed by atoms with Gasteiger partial charge in [-0.1, -0.05) is 0 Å². The molecule has 0 aliphatic heterocycles. The fourth-order valence-electron chi connectivity index (χ4n) is 0.886. The van der Waals surface area contributed by atoms with Crippen LogP contribution in [0, 0.1) is 22.7 Å². The van der Waals surface area contributed by atoms with Crippen LogP contribution in [0.25, 0.3) is 0 Å². The first-order valence-corrected chi connectivity index (χ1v) is 3.30. The number of carbonyl (C=O) groups excluding carboxylic acids is 2. The lowest BCUT2D eigenvalue weighted by Crippen LogP contribution is -2.22. The lowest BCUT2D eigenvalue weighted by atomic mass is 9.95. The summed E-state index contributed by atoms with van der Waals surface area (Å²) in [4.78, 5) is 22.1. The van der Waals surface area contributed by atoms with Gasteiger partial charge in [-0.05, 0) is 0 Å². The van der Waals surface area contributed by atoms with Gasteiger partial charge in [0.05, 0.1) is 0 Å². The first-order valence-electron chi connectivity index (χ1n) is 3.30. The van der Waals surface area contributed by atoms with Crippen LogP contribution in [0.5, 0.6) is 0 Å². The molecule has 0 atom stereocenters. The summed E-state index contributed by atoms with van der Waals surface area (Å²) in [7, 11) is 0. The number of nitrogens with zero attached hydrogens (tertiary/aromatic N) is 2. The van der Waals surface area contributed by atoms with E-state index < -0.39 is 34.2 Å². The minimum Gasteiger partial charge on any atom is -0.503 e. The largest absolute Gasteiger partial charge is 0.503 e. The Morgan fingerprint density at radius 2 is 1.14 bits per heavy atom. The summed E-state index contributed by atoms with van der Waals surface area (Å²) < 4.78 is 0. The van der Waals surface area contributed by atoms with Crippen LogP contribution in [-0.4, -0.2) is 21.8 Å². The van der Waals surface area contributed by atoms with Crippen LogP contribution < -0.4 is 0 Å². The van der Waals surface area contributed by atoms with E-state index in [1.54, 1.807) is 0 Å². The van der Waals surface area contributed by atoms with E-state index in [0.29, 0.717) is 0 Å². The molecule has 1 aliphatic carbocycles. The van der Waals surface area contributed by atoms with Gasteiger partial charge >= 0.3 is 0 Å². The molecule has 1 aliphatic rings. The second-order valence-corrected chi connectivity index (χ2v) is 2.33. The highest BCUT2D eigenvalue weighted by atomic mass is 16.3. The Morgan fingerprint density at radius 3 is 1.36 bits per heavy atom. The summed E-state index contributed by atoms with van der Waals surface area (Å²) in [6, 6.07) is 2.53. The topological polar surface area (TPSA) is 122 Å². The molecule has 14 heavy (non-hydrogen) atoms. The SMILES string of the molecule is N#CC1=C(O)C(=O)C(C#N)=C(O)C1=O. The Balaban J connectivity index is 3.47. The van der Waals surface area contributed by atoms with Gasteiger partial charge in [-0.25, -0.2) is 0 Å². The minimum absolute atomic E-state index is 0.855. The van der Waals surface area contributed by atoms with Crippen LogP contribution in [0.1, 0.15) is 0 Å². The number of hydrogen-bond acceptors (Lipinski definition) is 6. The molecule has 0 aromatic rings. The van der Waals surface area contributed by atoms with Crippen molar-refractivity contribution in [3.63, 3.8) is 0 Å². The van der Waals surface area contributed by atoms with Crippen molar-refractivity contribution in [2.45, 2.75) is 0 Å². The summed E-state index contributed by atoms with van der Waals surface area (Å²) in [5, 5.41) is 34.8. The summed E-state index contributed by atoms with van der Waals surface area (Å²) >= 11 is 0. The molecule has 0 spiro atoms. The van der Waals surface area contributed by atoms with E-state index in [1.165, 1.54) is 12.1 Å². The second kappa shape index (κ2) is 3.04. The van der Waals surface area contributed by atoms with E-state index >= 15 is 0 Å². The Morgan fingerprint density at radius 1 is 0.857 bits per heavy atom. The van der Waals surface area contributed by atoms with Gasteiger partial charge in [-0.2, -0.15) is 10.5 Å². The van der Waals surface area contributed by atoms with Gasteiger partial charge in [0.15, 0.2) is 11.5 Å². The summed E-state index contributed by atoms with van der Waals surface area (Å²) in [6.07, 6.45) is 0. The molecule has 0 bridgehead atoms. The lowest BCUT2D eigenvalue weighted by molar-refractivity contribution is -0.119. The Bertz CT molecular complexity index is 438. The highest BCUT2D eigenvalue weighted by Gasteiger charge is 2.35. The number of nitriles is 2. The second-order valence-electron chi connectivity index (χ2n) is 2.33. The average Bonchev–Trinajstić information content (AvgIpc) is 2.17. The zero-order valence-corrected chi connectivity index (χ0v) is 6.61. The molecule has 0 aromatic carbocycles. The predicted molar refractivity (Wildman–Crippen MR) is 40.5 cm³/mol. The van der Waals surface area contributed by atoms with Gasteiger partial charge in [0, 0.05) is 0 Å². The molecule has 0 amide bonds. The van der Waals surface area contributed by atoms with Gasteiger partial charge in [0.1, 0.15) is 23.3 Å². The molecule has 68 valence electrons. The molecule has 2 N–H and O–H groups in total. The number of aliphatic hydroxyl groups is 2. The van der Waals surface area contributed by atoms with E-state index in [2.05, 4.69) is 0 Å². The monoisotopic (exact) mass is 190 g/mol. The fraction of sp³-hybridized carbons (Fsp3) is 0. The third-order valence-corrected chi connectivity index (χ3v) is 1.58. The number of Topliss-reactive ketones (excluding diaryl/α,β-unsaturated/α-hetero) is 2. The third-order valence-electron chi connectivity index (χ3n) is 1.58. The van der Waals surface area contributed by atoms with Crippen molar-refractivity contribution in [2.75, 3.05) is 0 Å². The molecule has 0 saturated carbocycles. The fourth-order valence-corrected chi connectivity index (χ4v) is 0.886. The van der Waals surface area contributed by atoms with Gasteiger partial charge < -0.3 is 10.2 Å². The summed E-state index contributed by atoms with van der Waals surface area (Å²) in [5.41, 5.74) is -1.71. The van der Waals surface area contributed by atoms with Crippen LogP contribution in [-0.2, 0) is 9.59 Å². The van der Waals surface area contributed by atoms with E-state index in [0.717, 1.165) is 0 Å². The molecule has 6 heteroatoms. The van der Waals surface area contributed by atoms with Crippen molar-refractivity contribution in [1.82, 2.24) is 0 Å². The molecule has 0 heterocycles. The van der Waals surface area contributed by atoms with Crippen molar-refractivity contribution in [3.05, 3.63) is 22.7 Å². The van der Waals surface area contributed by atoms with E-state index in [9.17, 15) is 9.59 Å². The number of aliphatic hydroxyl groups excluding tert-OH is 2. The first-order chi connectivity index (χ1) is 6.54. The number of allylic oxidation sites excluding steroid dienone is 2. The van der Waals surface area contributed by atoms with Crippen molar-refractivity contribution in [2.24, 2.45) is 0 Å². The Labute approximate surface area is 77.6 Å². The molecule has 0 aromatic heterocycles. The van der Waals surface area contributed by atoms with Crippen LogP contribution in [0.2, 0.25) is 0 Å².